The van der Waals surface area contributed by atoms with Crippen molar-refractivity contribution in [2.75, 3.05) is 4.90 Å². The van der Waals surface area contributed by atoms with E-state index in [0.717, 1.165) is 0 Å². The Bertz CT molecular complexity index is 757. The van der Waals surface area contributed by atoms with Crippen molar-refractivity contribution in [2.45, 2.75) is 25.3 Å². The number of hydrogen-bond acceptors (Lipinski definition) is 2. The van der Waals surface area contributed by atoms with Gasteiger partial charge in [0, 0.05) is 17.3 Å². The lowest BCUT2D eigenvalue weighted by Gasteiger charge is -2.38. The van der Waals surface area contributed by atoms with E-state index in [9.17, 15) is 19.1 Å². The van der Waals surface area contributed by atoms with Crippen molar-refractivity contribution in [3.05, 3.63) is 65.5 Å². The normalized spacial score (nSPS) is 20.0. The number of para-hydroxylation sites is 1. The van der Waals surface area contributed by atoms with Crippen molar-refractivity contribution in [3.63, 3.8) is 0 Å². The third-order valence-electron chi connectivity index (χ3n) is 4.20. The second-order valence-electron chi connectivity index (χ2n) is 5.72. The molecular weight excluding hydrogens is 297 g/mol. The second-order valence-corrected chi connectivity index (χ2v) is 5.72. The average Bonchev–Trinajstić information content (AvgIpc) is 2.54. The number of rotatable bonds is 2. The summed E-state index contributed by atoms with van der Waals surface area (Å²) >= 11 is 0. The zero-order valence-corrected chi connectivity index (χ0v) is 12.6. The quantitative estimate of drug-likeness (QED) is 0.924. The molecule has 0 radical (unpaired) electrons. The molecule has 1 amide bonds. The topological polar surface area (TPSA) is 57.6 Å². The number of benzene rings is 2. The van der Waals surface area contributed by atoms with E-state index in [2.05, 4.69) is 0 Å². The minimum Gasteiger partial charge on any atom is -0.481 e. The smallest absolute Gasteiger partial charge is 0.311 e. The van der Waals surface area contributed by atoms with Crippen LogP contribution in [0.5, 0.6) is 0 Å². The molecule has 1 heterocycles. The van der Waals surface area contributed by atoms with Crippen LogP contribution in [-0.2, 0) is 4.79 Å². The van der Waals surface area contributed by atoms with Crippen LogP contribution in [0.25, 0.3) is 0 Å². The zero-order valence-electron chi connectivity index (χ0n) is 12.6. The van der Waals surface area contributed by atoms with Crippen LogP contribution in [0.15, 0.2) is 48.5 Å². The van der Waals surface area contributed by atoms with E-state index in [1.807, 2.05) is 6.92 Å². The summed E-state index contributed by atoms with van der Waals surface area (Å²) in [6.45, 7) is 1.83. The summed E-state index contributed by atoms with van der Waals surface area (Å²) in [4.78, 5) is 25.9. The average molecular weight is 313 g/mol. The van der Waals surface area contributed by atoms with Gasteiger partial charge in [-0.3, -0.25) is 9.59 Å². The second kappa shape index (κ2) is 5.83. The highest BCUT2D eigenvalue weighted by Gasteiger charge is 2.37. The van der Waals surface area contributed by atoms with Crippen LogP contribution in [0.1, 0.15) is 35.2 Å². The molecule has 2 aromatic carbocycles. The van der Waals surface area contributed by atoms with Gasteiger partial charge in [0.15, 0.2) is 0 Å². The Labute approximate surface area is 133 Å². The van der Waals surface area contributed by atoms with Crippen molar-refractivity contribution < 1.29 is 19.1 Å². The summed E-state index contributed by atoms with van der Waals surface area (Å²) in [7, 11) is 0. The fraction of sp³-hybridized carbons (Fsp3) is 0.222. The predicted octanol–water partition coefficient (Wildman–Crippen LogP) is 3.43. The van der Waals surface area contributed by atoms with Gasteiger partial charge < -0.3 is 10.0 Å². The molecule has 0 bridgehead atoms. The van der Waals surface area contributed by atoms with Crippen LogP contribution in [0.2, 0.25) is 0 Å². The van der Waals surface area contributed by atoms with E-state index in [1.165, 1.54) is 24.3 Å². The minimum atomic E-state index is -0.891. The summed E-state index contributed by atoms with van der Waals surface area (Å²) in [5, 5.41) is 9.43. The van der Waals surface area contributed by atoms with Gasteiger partial charge in [-0.1, -0.05) is 18.2 Å². The Morgan fingerprint density at radius 1 is 1.13 bits per heavy atom. The molecule has 0 aromatic heterocycles. The summed E-state index contributed by atoms with van der Waals surface area (Å²) < 4.78 is 13.1. The summed E-state index contributed by atoms with van der Waals surface area (Å²) in [5.41, 5.74) is 1.61. The van der Waals surface area contributed by atoms with Crippen molar-refractivity contribution in [1.29, 1.82) is 0 Å². The maximum atomic E-state index is 13.1. The Morgan fingerprint density at radius 2 is 1.78 bits per heavy atom. The van der Waals surface area contributed by atoms with E-state index in [0.29, 0.717) is 23.2 Å². The first-order valence-electron chi connectivity index (χ1n) is 7.40. The lowest BCUT2D eigenvalue weighted by Crippen LogP contribution is -2.44. The fourth-order valence-corrected chi connectivity index (χ4v) is 3.09. The first-order chi connectivity index (χ1) is 11.0. The van der Waals surface area contributed by atoms with Gasteiger partial charge in [-0.2, -0.15) is 0 Å². The lowest BCUT2D eigenvalue weighted by molar-refractivity contribution is -0.139. The molecular formula is C18H16FNO3. The number of aliphatic carboxylic acids is 1. The summed E-state index contributed by atoms with van der Waals surface area (Å²) in [6, 6.07) is 12.1. The highest BCUT2D eigenvalue weighted by molar-refractivity contribution is 6.07. The minimum absolute atomic E-state index is 0.256. The van der Waals surface area contributed by atoms with Crippen molar-refractivity contribution in [2.24, 2.45) is 0 Å². The molecule has 0 fully saturated rings. The Hall–Kier alpha value is -2.69. The van der Waals surface area contributed by atoms with Crippen molar-refractivity contribution in [1.82, 2.24) is 0 Å². The first-order valence-corrected chi connectivity index (χ1v) is 7.40. The number of anilines is 1. The van der Waals surface area contributed by atoms with E-state index in [1.54, 1.807) is 29.2 Å². The van der Waals surface area contributed by atoms with Crippen LogP contribution >= 0.6 is 0 Å². The van der Waals surface area contributed by atoms with Crippen molar-refractivity contribution >= 4 is 17.6 Å². The van der Waals surface area contributed by atoms with Crippen molar-refractivity contribution in [3.8, 4) is 0 Å². The van der Waals surface area contributed by atoms with Gasteiger partial charge in [-0.15, -0.1) is 0 Å². The first kappa shape index (κ1) is 15.2. The highest BCUT2D eigenvalue weighted by Crippen LogP contribution is 2.39. The molecule has 0 saturated heterocycles. The highest BCUT2D eigenvalue weighted by atomic mass is 19.1. The van der Waals surface area contributed by atoms with E-state index in [4.69, 9.17) is 0 Å². The Balaban J connectivity index is 2.05. The number of amides is 1. The summed E-state index contributed by atoms with van der Waals surface area (Å²) in [6.07, 6.45) is 0.347. The van der Waals surface area contributed by atoms with Crippen LogP contribution in [0.3, 0.4) is 0 Å². The van der Waals surface area contributed by atoms with Gasteiger partial charge in [-0.05, 0) is 49.2 Å². The number of carboxylic acid groups (broad SMARTS) is 1. The van der Waals surface area contributed by atoms with Crippen LogP contribution in [0.4, 0.5) is 10.1 Å². The van der Waals surface area contributed by atoms with Gasteiger partial charge in [0.05, 0.1) is 5.92 Å². The summed E-state index contributed by atoms with van der Waals surface area (Å²) in [5.74, 6) is -2.18. The largest absolute Gasteiger partial charge is 0.481 e. The molecule has 5 heteroatoms. The van der Waals surface area contributed by atoms with E-state index in [-0.39, 0.29) is 11.9 Å². The molecule has 2 aromatic rings. The molecule has 0 spiro atoms. The molecule has 23 heavy (non-hydrogen) atoms. The molecule has 3 rings (SSSR count). The van der Waals surface area contributed by atoms with Crippen LogP contribution < -0.4 is 4.90 Å². The van der Waals surface area contributed by atoms with Gasteiger partial charge in [0.1, 0.15) is 5.82 Å². The molecule has 2 atom stereocenters. The standard InChI is InChI=1S/C18H16FNO3/c1-11-10-15(18(22)23)14-4-2-3-5-16(14)20(11)17(21)12-6-8-13(19)9-7-12/h2-9,11,15H,10H2,1H3,(H,22,23)/t11-,15?/m0/s1. The molecule has 1 unspecified atom stereocenters. The maximum absolute atomic E-state index is 13.1. The molecule has 4 nitrogen and oxygen atoms in total. The number of carbonyl (C=O) groups is 2. The molecule has 1 aliphatic rings. The number of fused-ring (bicyclic) bond motifs is 1. The maximum Gasteiger partial charge on any atom is 0.311 e. The predicted molar refractivity (Wildman–Crippen MR) is 84.1 cm³/mol. The van der Waals surface area contributed by atoms with Gasteiger partial charge >= 0.3 is 5.97 Å². The number of carbonyl (C=O) groups excluding carboxylic acids is 1. The van der Waals surface area contributed by atoms with E-state index >= 15 is 0 Å². The van der Waals surface area contributed by atoms with Crippen LogP contribution in [0, 0.1) is 5.82 Å². The fourth-order valence-electron chi connectivity index (χ4n) is 3.09. The van der Waals surface area contributed by atoms with E-state index < -0.39 is 17.7 Å². The SMILES string of the molecule is C[C@H]1CC(C(=O)O)c2ccccc2N1C(=O)c1ccc(F)cc1. The number of halogens is 1. The lowest BCUT2D eigenvalue weighted by atomic mass is 9.85. The molecule has 1 N–H and O–H groups in total. The van der Waals surface area contributed by atoms with Gasteiger partial charge in [0.25, 0.3) is 5.91 Å². The number of nitrogens with zero attached hydrogens (tertiary/aromatic N) is 1. The van der Waals surface area contributed by atoms with Crippen LogP contribution in [-0.4, -0.2) is 23.0 Å². The molecule has 0 saturated carbocycles. The molecule has 0 aliphatic carbocycles. The van der Waals surface area contributed by atoms with Gasteiger partial charge in [-0.25, -0.2) is 4.39 Å². The Morgan fingerprint density at radius 3 is 2.43 bits per heavy atom. The molecule has 1 aliphatic heterocycles. The third kappa shape index (κ3) is 2.70. The monoisotopic (exact) mass is 313 g/mol. The van der Waals surface area contributed by atoms with Gasteiger partial charge in [0.2, 0.25) is 0 Å². The number of carboxylic acids is 1. The number of hydrogen-bond donors (Lipinski definition) is 1. The molecule has 118 valence electrons. The zero-order chi connectivity index (χ0) is 16.6. The third-order valence-corrected chi connectivity index (χ3v) is 4.20. The Kier molecular flexibility index (Phi) is 3.86.